The zero-order chi connectivity index (χ0) is 8.97. The second-order valence-corrected chi connectivity index (χ2v) is 4.42. The van der Waals surface area contributed by atoms with Gasteiger partial charge in [0.1, 0.15) is 0 Å². The predicted molar refractivity (Wildman–Crippen MR) is 60.6 cm³/mol. The van der Waals surface area contributed by atoms with Crippen LogP contribution in [0, 0.1) is 0 Å². The van der Waals surface area contributed by atoms with E-state index in [1.54, 1.807) is 0 Å². The highest BCUT2D eigenvalue weighted by molar-refractivity contribution is 14.1. The van der Waals surface area contributed by atoms with E-state index in [4.69, 9.17) is 0 Å². The Morgan fingerprint density at radius 3 is 2.42 bits per heavy atom. The summed E-state index contributed by atoms with van der Waals surface area (Å²) in [5.74, 6) is 0.283. The predicted octanol–water partition coefficient (Wildman–Crippen LogP) is 0.801. The molecule has 0 atom stereocenters. The molecule has 5 heteroatoms. The van der Waals surface area contributed by atoms with Gasteiger partial charge in [0.15, 0.2) is 0 Å². The summed E-state index contributed by atoms with van der Waals surface area (Å²) in [4.78, 5) is 13.3. The van der Waals surface area contributed by atoms with Crippen LogP contribution in [-0.2, 0) is 4.79 Å². The third-order valence-corrected chi connectivity index (χ3v) is 2.86. The minimum absolute atomic E-state index is 0.283. The third kappa shape index (κ3) is 3.10. The lowest BCUT2D eigenvalue weighted by molar-refractivity contribution is -0.131. The molecule has 3 nitrogen and oxygen atoms in total. The van der Waals surface area contributed by atoms with Gasteiger partial charge in [-0.2, -0.15) is 0 Å². The molecule has 0 aliphatic carbocycles. The van der Waals surface area contributed by atoms with Crippen molar-refractivity contribution in [3.8, 4) is 0 Å². The molecule has 1 amide bonds. The summed E-state index contributed by atoms with van der Waals surface area (Å²) in [6.07, 6.45) is 0.674. The van der Waals surface area contributed by atoms with Gasteiger partial charge in [-0.1, -0.05) is 35.4 Å². The fourth-order valence-electron chi connectivity index (χ4n) is 1.18. The van der Waals surface area contributed by atoms with Crippen molar-refractivity contribution in [3.05, 3.63) is 0 Å². The summed E-state index contributed by atoms with van der Waals surface area (Å²) in [5, 5.41) is 0. The highest BCUT2D eigenvalue weighted by Gasteiger charge is 2.18. The normalized spacial score (nSPS) is 19.7. The van der Waals surface area contributed by atoms with E-state index in [0.29, 0.717) is 6.42 Å². The fourth-order valence-corrected chi connectivity index (χ4v) is 1.82. The first-order chi connectivity index (χ1) is 5.74. The maximum absolute atomic E-state index is 11.4. The minimum atomic E-state index is 0.283. The number of rotatable bonds is 2. The number of piperazine rings is 1. The summed E-state index contributed by atoms with van der Waals surface area (Å²) in [5.41, 5.74) is 0. The van der Waals surface area contributed by atoms with Gasteiger partial charge in [0.2, 0.25) is 5.91 Å². The van der Waals surface area contributed by atoms with Crippen LogP contribution in [0.4, 0.5) is 0 Å². The Kier molecular flexibility index (Phi) is 4.66. The molecule has 70 valence electrons. The Hall–Kier alpha value is 0.510. The zero-order valence-electron chi connectivity index (χ0n) is 6.87. The number of carbonyl (C=O) groups excluding carboxylic acids is 1. The first-order valence-corrected chi connectivity index (χ1v) is 5.94. The van der Waals surface area contributed by atoms with Crippen LogP contribution in [0.15, 0.2) is 0 Å². The Morgan fingerprint density at radius 1 is 1.33 bits per heavy atom. The van der Waals surface area contributed by atoms with Gasteiger partial charge in [-0.15, -0.1) is 0 Å². The van der Waals surface area contributed by atoms with Crippen LogP contribution in [0.25, 0.3) is 0 Å². The van der Waals surface area contributed by atoms with E-state index in [9.17, 15) is 4.79 Å². The second-order valence-electron chi connectivity index (χ2n) is 2.77. The zero-order valence-corrected chi connectivity index (χ0v) is 9.92. The van der Waals surface area contributed by atoms with E-state index >= 15 is 0 Å². The number of hydrogen-bond donors (Lipinski definition) is 1. The van der Waals surface area contributed by atoms with Gasteiger partial charge in [-0.25, -0.2) is 4.31 Å². The Morgan fingerprint density at radius 2 is 1.92 bits per heavy atom. The van der Waals surface area contributed by atoms with E-state index in [-0.39, 0.29) is 5.91 Å². The van der Waals surface area contributed by atoms with Gasteiger partial charge in [0, 0.05) is 37.0 Å². The quantitative estimate of drug-likeness (QED) is 0.463. The van der Waals surface area contributed by atoms with Crippen LogP contribution in [0.3, 0.4) is 0 Å². The van der Waals surface area contributed by atoms with E-state index < -0.39 is 0 Å². The molecule has 1 heterocycles. The van der Waals surface area contributed by atoms with Gasteiger partial charge < -0.3 is 4.90 Å². The minimum Gasteiger partial charge on any atom is -0.340 e. The van der Waals surface area contributed by atoms with Crippen molar-refractivity contribution >= 4 is 41.3 Å². The molecule has 12 heavy (non-hydrogen) atoms. The number of halogens is 1. The highest BCUT2D eigenvalue weighted by Crippen LogP contribution is 2.05. The molecule has 0 N–H and O–H groups in total. The van der Waals surface area contributed by atoms with Crippen LogP contribution in [0.5, 0.6) is 0 Å². The molecule has 0 unspecified atom stereocenters. The maximum Gasteiger partial charge on any atom is 0.223 e. The maximum atomic E-state index is 11.4. The van der Waals surface area contributed by atoms with Gasteiger partial charge >= 0.3 is 0 Å². The molecule has 1 aliphatic rings. The average molecular weight is 300 g/mol. The molecular formula is C7H13IN2OS. The molecule has 0 radical (unpaired) electrons. The van der Waals surface area contributed by atoms with Crippen molar-refractivity contribution in [1.82, 2.24) is 9.21 Å². The Labute approximate surface area is 92.2 Å². The summed E-state index contributed by atoms with van der Waals surface area (Å²) >= 11 is 6.45. The van der Waals surface area contributed by atoms with Crippen molar-refractivity contribution in [3.63, 3.8) is 0 Å². The molecule has 0 aromatic rings. The largest absolute Gasteiger partial charge is 0.340 e. The van der Waals surface area contributed by atoms with Crippen LogP contribution < -0.4 is 0 Å². The molecule has 0 bridgehead atoms. The molecule has 0 aromatic heterocycles. The van der Waals surface area contributed by atoms with Gasteiger partial charge in [-0.05, 0) is 0 Å². The summed E-state index contributed by atoms with van der Waals surface area (Å²) in [7, 11) is 0. The standard InChI is InChI=1S/C7H13IN2OS/c8-2-1-7(11)9-3-5-10(12)6-4-9/h12H,1-6H2. The molecule has 0 saturated carbocycles. The topological polar surface area (TPSA) is 23.6 Å². The average Bonchev–Trinajstić information content (AvgIpc) is 2.06. The van der Waals surface area contributed by atoms with Crippen molar-refractivity contribution in [2.24, 2.45) is 0 Å². The number of amides is 1. The smallest absolute Gasteiger partial charge is 0.223 e. The number of carbonyl (C=O) groups is 1. The molecule has 0 spiro atoms. The number of nitrogens with zero attached hydrogens (tertiary/aromatic N) is 2. The number of thiol groups is 1. The fraction of sp³-hybridized carbons (Fsp3) is 0.857. The molecule has 1 saturated heterocycles. The molecule has 1 rings (SSSR count). The summed E-state index contributed by atoms with van der Waals surface area (Å²) in [6.45, 7) is 3.43. The molecule has 0 aromatic carbocycles. The van der Waals surface area contributed by atoms with E-state index in [2.05, 4.69) is 35.4 Å². The molecule has 1 fully saturated rings. The summed E-state index contributed by atoms with van der Waals surface area (Å²) < 4.78 is 2.87. The van der Waals surface area contributed by atoms with E-state index in [1.807, 2.05) is 9.21 Å². The van der Waals surface area contributed by atoms with Crippen LogP contribution >= 0.6 is 35.4 Å². The van der Waals surface area contributed by atoms with Gasteiger partial charge in [-0.3, -0.25) is 4.79 Å². The lowest BCUT2D eigenvalue weighted by atomic mass is 10.3. The lowest BCUT2D eigenvalue weighted by Gasteiger charge is -2.31. The van der Waals surface area contributed by atoms with Crippen LogP contribution in [0.2, 0.25) is 0 Å². The van der Waals surface area contributed by atoms with Crippen molar-refractivity contribution in [2.45, 2.75) is 6.42 Å². The van der Waals surface area contributed by atoms with Crippen molar-refractivity contribution in [1.29, 1.82) is 0 Å². The first-order valence-electron chi connectivity index (χ1n) is 4.01. The van der Waals surface area contributed by atoms with E-state index in [0.717, 1.165) is 30.6 Å². The summed E-state index contributed by atoms with van der Waals surface area (Å²) in [6, 6.07) is 0. The van der Waals surface area contributed by atoms with Crippen molar-refractivity contribution < 1.29 is 4.79 Å². The van der Waals surface area contributed by atoms with Crippen LogP contribution in [0.1, 0.15) is 6.42 Å². The van der Waals surface area contributed by atoms with Crippen molar-refractivity contribution in [2.75, 3.05) is 30.6 Å². The number of hydrogen-bond acceptors (Lipinski definition) is 3. The lowest BCUT2D eigenvalue weighted by Crippen LogP contribution is -2.45. The first kappa shape index (κ1) is 10.6. The number of alkyl halides is 1. The molecular weight excluding hydrogens is 287 g/mol. The SMILES string of the molecule is O=C(CCI)N1CCN(S)CC1. The third-order valence-electron chi connectivity index (χ3n) is 1.92. The Balaban J connectivity index is 2.29. The highest BCUT2D eigenvalue weighted by atomic mass is 127. The van der Waals surface area contributed by atoms with Crippen LogP contribution in [-0.4, -0.2) is 45.7 Å². The molecule has 1 aliphatic heterocycles. The van der Waals surface area contributed by atoms with Gasteiger partial charge in [0.25, 0.3) is 0 Å². The monoisotopic (exact) mass is 300 g/mol. The second kappa shape index (κ2) is 5.29. The van der Waals surface area contributed by atoms with Gasteiger partial charge in [0.05, 0.1) is 0 Å². The van der Waals surface area contributed by atoms with E-state index in [1.165, 1.54) is 0 Å². The Bertz CT molecular complexity index is 159.